The van der Waals surface area contributed by atoms with Gasteiger partial charge in [-0.05, 0) is 48.5 Å². The molecule has 0 fully saturated rings. The van der Waals surface area contributed by atoms with Gasteiger partial charge in [0.2, 0.25) is 5.82 Å². The van der Waals surface area contributed by atoms with Crippen molar-refractivity contribution in [2.45, 2.75) is 0 Å². The van der Waals surface area contributed by atoms with Crippen molar-refractivity contribution in [1.82, 2.24) is 14.8 Å². The third kappa shape index (κ3) is 4.19. The van der Waals surface area contributed by atoms with Gasteiger partial charge < -0.3 is 23.6 Å². The molecule has 29 heavy (non-hydrogen) atoms. The van der Waals surface area contributed by atoms with E-state index in [1.165, 1.54) is 6.26 Å². The monoisotopic (exact) mass is 394 g/mol. The van der Waals surface area contributed by atoms with E-state index in [0.717, 1.165) is 5.69 Å². The SMILES string of the molecule is COCCOc1nc(-c2ccco2)n(-c2ccc(NC(=O)c3ccco3)cc2)n1. The van der Waals surface area contributed by atoms with Crippen LogP contribution < -0.4 is 10.1 Å². The molecule has 9 heteroatoms. The molecule has 1 aromatic carbocycles. The molecule has 148 valence electrons. The number of methoxy groups -OCH3 is 1. The van der Waals surface area contributed by atoms with Crippen LogP contribution in [0.3, 0.4) is 0 Å². The first kappa shape index (κ1) is 18.5. The number of rotatable bonds is 8. The standard InChI is InChI=1S/C20H18N4O5/c1-26-12-13-29-20-22-18(16-4-2-10-27-16)24(23-20)15-8-6-14(7-9-15)21-19(25)17-5-3-11-28-17/h2-11H,12-13H2,1H3,(H,21,25). The van der Waals surface area contributed by atoms with Gasteiger partial charge in [-0.2, -0.15) is 4.98 Å². The van der Waals surface area contributed by atoms with Gasteiger partial charge in [0.25, 0.3) is 5.91 Å². The van der Waals surface area contributed by atoms with Crippen LogP contribution in [0.5, 0.6) is 6.01 Å². The van der Waals surface area contributed by atoms with Crippen LogP contribution in [-0.2, 0) is 4.74 Å². The Morgan fingerprint density at radius 2 is 1.86 bits per heavy atom. The van der Waals surface area contributed by atoms with Crippen molar-refractivity contribution >= 4 is 11.6 Å². The highest BCUT2D eigenvalue weighted by atomic mass is 16.5. The van der Waals surface area contributed by atoms with E-state index < -0.39 is 0 Å². The minimum absolute atomic E-state index is 0.212. The molecule has 0 spiro atoms. The highest BCUT2D eigenvalue weighted by Gasteiger charge is 2.17. The number of carbonyl (C=O) groups excluding carboxylic acids is 1. The highest BCUT2D eigenvalue weighted by molar-refractivity contribution is 6.02. The summed E-state index contributed by atoms with van der Waals surface area (Å²) in [5.74, 6) is 0.959. The number of aromatic nitrogens is 3. The summed E-state index contributed by atoms with van der Waals surface area (Å²) < 4.78 is 22.7. The summed E-state index contributed by atoms with van der Waals surface area (Å²) in [5, 5.41) is 7.17. The van der Waals surface area contributed by atoms with Crippen molar-refractivity contribution in [3.63, 3.8) is 0 Å². The van der Waals surface area contributed by atoms with Crippen molar-refractivity contribution in [2.24, 2.45) is 0 Å². The van der Waals surface area contributed by atoms with Gasteiger partial charge in [0.1, 0.15) is 6.61 Å². The van der Waals surface area contributed by atoms with Gasteiger partial charge in [-0.3, -0.25) is 4.79 Å². The van der Waals surface area contributed by atoms with E-state index in [1.54, 1.807) is 66.6 Å². The van der Waals surface area contributed by atoms with Crippen LogP contribution in [0.1, 0.15) is 10.6 Å². The Labute approximate surface area is 165 Å². The lowest BCUT2D eigenvalue weighted by molar-refractivity contribution is 0.0996. The molecule has 0 aliphatic carbocycles. The molecule has 0 radical (unpaired) electrons. The molecule has 0 unspecified atom stereocenters. The Hall–Kier alpha value is -3.85. The number of hydrogen-bond acceptors (Lipinski definition) is 7. The van der Waals surface area contributed by atoms with Gasteiger partial charge in [0.05, 0.1) is 24.8 Å². The summed E-state index contributed by atoms with van der Waals surface area (Å²) in [5.41, 5.74) is 1.34. The molecule has 0 bridgehead atoms. The van der Waals surface area contributed by atoms with E-state index in [1.807, 2.05) is 0 Å². The maximum Gasteiger partial charge on any atom is 0.336 e. The van der Waals surface area contributed by atoms with Gasteiger partial charge in [0, 0.05) is 12.8 Å². The fourth-order valence-corrected chi connectivity index (χ4v) is 2.60. The fourth-order valence-electron chi connectivity index (χ4n) is 2.60. The average Bonchev–Trinajstić information content (AvgIpc) is 3.49. The van der Waals surface area contributed by atoms with E-state index in [2.05, 4.69) is 15.4 Å². The van der Waals surface area contributed by atoms with E-state index in [0.29, 0.717) is 30.5 Å². The molecule has 0 aliphatic rings. The third-order valence-corrected chi connectivity index (χ3v) is 3.96. The quantitative estimate of drug-likeness (QED) is 0.457. The van der Waals surface area contributed by atoms with Crippen LogP contribution in [0.25, 0.3) is 17.3 Å². The Morgan fingerprint density at radius 3 is 2.55 bits per heavy atom. The number of nitrogens with zero attached hydrogens (tertiary/aromatic N) is 3. The Morgan fingerprint density at radius 1 is 1.07 bits per heavy atom. The van der Waals surface area contributed by atoms with Crippen LogP contribution >= 0.6 is 0 Å². The summed E-state index contributed by atoms with van der Waals surface area (Å²) in [6.45, 7) is 0.755. The van der Waals surface area contributed by atoms with Crippen LogP contribution in [0.15, 0.2) is 69.9 Å². The number of anilines is 1. The number of nitrogens with one attached hydrogen (secondary N) is 1. The summed E-state index contributed by atoms with van der Waals surface area (Å²) in [7, 11) is 1.59. The number of carbonyl (C=O) groups is 1. The van der Waals surface area contributed by atoms with Gasteiger partial charge >= 0.3 is 6.01 Å². The van der Waals surface area contributed by atoms with Crippen molar-refractivity contribution in [3.8, 4) is 23.3 Å². The van der Waals surface area contributed by atoms with E-state index >= 15 is 0 Å². The molecular weight excluding hydrogens is 376 g/mol. The van der Waals surface area contributed by atoms with Crippen molar-refractivity contribution in [3.05, 3.63) is 66.8 Å². The summed E-state index contributed by atoms with van der Waals surface area (Å²) >= 11 is 0. The molecule has 0 aliphatic heterocycles. The maximum atomic E-state index is 12.1. The van der Waals surface area contributed by atoms with Gasteiger partial charge in [-0.1, -0.05) is 0 Å². The molecule has 0 saturated heterocycles. The second-order valence-electron chi connectivity index (χ2n) is 5.93. The lowest BCUT2D eigenvalue weighted by Gasteiger charge is -2.07. The number of benzene rings is 1. The zero-order valence-corrected chi connectivity index (χ0v) is 15.6. The predicted molar refractivity (Wildman–Crippen MR) is 103 cm³/mol. The third-order valence-electron chi connectivity index (χ3n) is 3.96. The maximum absolute atomic E-state index is 12.1. The second kappa shape index (κ2) is 8.44. The first-order valence-electron chi connectivity index (χ1n) is 8.82. The molecular formula is C20H18N4O5. The fraction of sp³-hybridized carbons (Fsp3) is 0.150. The highest BCUT2D eigenvalue weighted by Crippen LogP contribution is 2.25. The number of furan rings is 2. The topological polar surface area (TPSA) is 105 Å². The minimum atomic E-state index is -0.325. The molecule has 1 N–H and O–H groups in total. The van der Waals surface area contributed by atoms with Crippen molar-refractivity contribution < 1.29 is 23.1 Å². The largest absolute Gasteiger partial charge is 0.461 e. The molecule has 1 amide bonds. The molecule has 3 heterocycles. The summed E-state index contributed by atoms with van der Waals surface area (Å²) in [4.78, 5) is 16.5. The van der Waals surface area contributed by atoms with Crippen molar-refractivity contribution in [1.29, 1.82) is 0 Å². The predicted octanol–water partition coefficient (Wildman–Crippen LogP) is 3.40. The first-order valence-corrected chi connectivity index (χ1v) is 8.82. The minimum Gasteiger partial charge on any atom is -0.461 e. The number of ether oxygens (including phenoxy) is 2. The summed E-state index contributed by atoms with van der Waals surface area (Å²) in [6.07, 6.45) is 3.01. The lowest BCUT2D eigenvalue weighted by atomic mass is 10.2. The lowest BCUT2D eigenvalue weighted by Crippen LogP contribution is -2.10. The zero-order chi connectivity index (χ0) is 20.1. The molecule has 9 nitrogen and oxygen atoms in total. The average molecular weight is 394 g/mol. The number of hydrogen-bond donors (Lipinski definition) is 1. The Kier molecular flexibility index (Phi) is 5.39. The summed E-state index contributed by atoms with van der Waals surface area (Å²) in [6, 6.07) is 14.2. The zero-order valence-electron chi connectivity index (χ0n) is 15.6. The normalized spacial score (nSPS) is 10.8. The molecule has 3 aromatic heterocycles. The Bertz CT molecular complexity index is 1050. The van der Waals surface area contributed by atoms with E-state index in [9.17, 15) is 4.79 Å². The van der Waals surface area contributed by atoms with E-state index in [4.69, 9.17) is 18.3 Å². The van der Waals surface area contributed by atoms with Crippen LogP contribution in [0.2, 0.25) is 0 Å². The van der Waals surface area contributed by atoms with Gasteiger partial charge in [-0.25, -0.2) is 4.68 Å². The first-order chi connectivity index (χ1) is 14.2. The van der Waals surface area contributed by atoms with Crippen molar-refractivity contribution in [2.75, 3.05) is 25.6 Å². The second-order valence-corrected chi connectivity index (χ2v) is 5.93. The Balaban J connectivity index is 1.57. The van der Waals surface area contributed by atoms with E-state index in [-0.39, 0.29) is 17.7 Å². The molecule has 4 rings (SSSR count). The van der Waals surface area contributed by atoms with Crippen LogP contribution in [-0.4, -0.2) is 41.0 Å². The molecule has 0 saturated carbocycles. The smallest absolute Gasteiger partial charge is 0.336 e. The van der Waals surface area contributed by atoms with Gasteiger partial charge in [0.15, 0.2) is 11.5 Å². The van der Waals surface area contributed by atoms with Crippen LogP contribution in [0, 0.1) is 0 Å². The van der Waals surface area contributed by atoms with Gasteiger partial charge in [-0.15, -0.1) is 5.10 Å². The molecule has 0 atom stereocenters. The van der Waals surface area contributed by atoms with Crippen LogP contribution in [0.4, 0.5) is 5.69 Å². The number of amides is 1. The molecule has 4 aromatic rings.